The number of guanidine groups is 1. The van der Waals surface area contributed by atoms with Crippen LogP contribution in [0.25, 0.3) is 0 Å². The SMILES string of the molecule is CCNC(=NCCc1cccc(F)c1)NC1CN(C(C)C)CC1C.I. The first-order valence-corrected chi connectivity index (χ1v) is 9.03. The topological polar surface area (TPSA) is 39.7 Å². The smallest absolute Gasteiger partial charge is 0.191 e. The van der Waals surface area contributed by atoms with Crippen molar-refractivity contribution in [2.75, 3.05) is 26.2 Å². The minimum Gasteiger partial charge on any atom is -0.357 e. The van der Waals surface area contributed by atoms with Crippen LogP contribution < -0.4 is 10.6 Å². The molecule has 0 radical (unpaired) electrons. The number of hydrogen-bond acceptors (Lipinski definition) is 2. The van der Waals surface area contributed by atoms with Crippen LogP contribution in [0.15, 0.2) is 29.3 Å². The molecule has 1 saturated heterocycles. The first-order valence-electron chi connectivity index (χ1n) is 9.03. The fourth-order valence-electron chi connectivity index (χ4n) is 3.10. The van der Waals surface area contributed by atoms with Crippen LogP contribution >= 0.6 is 24.0 Å². The van der Waals surface area contributed by atoms with Gasteiger partial charge in [-0.25, -0.2) is 4.39 Å². The highest BCUT2D eigenvalue weighted by Gasteiger charge is 2.31. The Morgan fingerprint density at radius 2 is 2.12 bits per heavy atom. The fourth-order valence-corrected chi connectivity index (χ4v) is 3.10. The molecule has 1 aliphatic heterocycles. The minimum atomic E-state index is -0.185. The molecule has 1 fully saturated rings. The number of hydrogen-bond donors (Lipinski definition) is 2. The maximum absolute atomic E-state index is 13.2. The van der Waals surface area contributed by atoms with Crippen LogP contribution in [-0.2, 0) is 6.42 Å². The van der Waals surface area contributed by atoms with Crippen molar-refractivity contribution in [3.8, 4) is 0 Å². The normalized spacial score (nSPS) is 21.3. The molecule has 25 heavy (non-hydrogen) atoms. The highest BCUT2D eigenvalue weighted by Crippen LogP contribution is 2.18. The van der Waals surface area contributed by atoms with Gasteiger partial charge in [0, 0.05) is 38.3 Å². The quantitative estimate of drug-likeness (QED) is 0.388. The van der Waals surface area contributed by atoms with Crippen LogP contribution in [0.4, 0.5) is 4.39 Å². The molecule has 4 nitrogen and oxygen atoms in total. The third-order valence-electron chi connectivity index (χ3n) is 4.60. The number of benzene rings is 1. The molecule has 2 unspecified atom stereocenters. The summed E-state index contributed by atoms with van der Waals surface area (Å²) in [4.78, 5) is 7.16. The molecular formula is C19H32FIN4. The first kappa shape index (κ1) is 22.2. The van der Waals surface area contributed by atoms with Gasteiger partial charge in [-0.1, -0.05) is 19.1 Å². The average Bonchev–Trinajstić information content (AvgIpc) is 2.89. The van der Waals surface area contributed by atoms with E-state index < -0.39 is 0 Å². The Kier molecular flexibility index (Phi) is 9.71. The molecule has 1 heterocycles. The lowest BCUT2D eigenvalue weighted by Crippen LogP contribution is -2.46. The monoisotopic (exact) mass is 462 g/mol. The van der Waals surface area contributed by atoms with Gasteiger partial charge in [0.2, 0.25) is 0 Å². The zero-order chi connectivity index (χ0) is 17.5. The van der Waals surface area contributed by atoms with Crippen molar-refractivity contribution >= 4 is 29.9 Å². The van der Waals surface area contributed by atoms with Gasteiger partial charge in [0.15, 0.2) is 5.96 Å². The highest BCUT2D eigenvalue weighted by atomic mass is 127. The third kappa shape index (κ3) is 7.09. The van der Waals surface area contributed by atoms with Gasteiger partial charge in [0.25, 0.3) is 0 Å². The fraction of sp³-hybridized carbons (Fsp3) is 0.632. The summed E-state index contributed by atoms with van der Waals surface area (Å²) in [6, 6.07) is 7.73. The van der Waals surface area contributed by atoms with E-state index in [-0.39, 0.29) is 29.8 Å². The molecule has 0 bridgehead atoms. The number of halogens is 2. The molecule has 2 N–H and O–H groups in total. The molecule has 0 saturated carbocycles. The van der Waals surface area contributed by atoms with Gasteiger partial charge < -0.3 is 10.6 Å². The lowest BCUT2D eigenvalue weighted by atomic mass is 10.1. The molecule has 6 heteroatoms. The second-order valence-corrected chi connectivity index (χ2v) is 6.92. The van der Waals surface area contributed by atoms with Gasteiger partial charge in [-0.15, -0.1) is 24.0 Å². The number of likely N-dealkylation sites (tertiary alicyclic amines) is 1. The van der Waals surface area contributed by atoms with E-state index in [0.717, 1.165) is 37.6 Å². The molecule has 2 atom stereocenters. The highest BCUT2D eigenvalue weighted by molar-refractivity contribution is 14.0. The van der Waals surface area contributed by atoms with Crippen LogP contribution in [0.1, 0.15) is 33.3 Å². The first-order chi connectivity index (χ1) is 11.5. The Balaban J connectivity index is 0.00000312. The zero-order valence-corrected chi connectivity index (χ0v) is 18.1. The molecule has 0 aromatic heterocycles. The molecule has 1 aliphatic rings. The maximum atomic E-state index is 13.2. The van der Waals surface area contributed by atoms with Crippen LogP contribution in [-0.4, -0.2) is 49.1 Å². The largest absolute Gasteiger partial charge is 0.357 e. The number of aliphatic imine (C=N–C) groups is 1. The summed E-state index contributed by atoms with van der Waals surface area (Å²) >= 11 is 0. The van der Waals surface area contributed by atoms with Crippen molar-refractivity contribution in [3.63, 3.8) is 0 Å². The van der Waals surface area contributed by atoms with Crippen LogP contribution in [0.2, 0.25) is 0 Å². The second-order valence-electron chi connectivity index (χ2n) is 6.92. The van der Waals surface area contributed by atoms with Gasteiger partial charge in [-0.3, -0.25) is 9.89 Å². The van der Waals surface area contributed by atoms with Gasteiger partial charge in [0.05, 0.1) is 0 Å². The standard InChI is InChI=1S/C19H31FN4.HI/c1-5-21-19(22-10-9-16-7-6-8-17(20)11-16)23-18-13-24(14(2)3)12-15(18)4;/h6-8,11,14-15,18H,5,9-10,12-13H2,1-4H3,(H2,21,22,23);1H. The molecule has 0 amide bonds. The van der Waals surface area contributed by atoms with E-state index in [9.17, 15) is 4.39 Å². The Labute approximate surface area is 168 Å². The molecule has 0 spiro atoms. The third-order valence-corrected chi connectivity index (χ3v) is 4.60. The molecule has 2 rings (SSSR count). The van der Waals surface area contributed by atoms with Crippen molar-refractivity contribution in [1.82, 2.24) is 15.5 Å². The van der Waals surface area contributed by atoms with Gasteiger partial charge in [0.1, 0.15) is 5.82 Å². The van der Waals surface area contributed by atoms with Gasteiger partial charge in [-0.2, -0.15) is 0 Å². The van der Waals surface area contributed by atoms with E-state index in [0.29, 0.717) is 24.5 Å². The van der Waals surface area contributed by atoms with Crippen molar-refractivity contribution in [1.29, 1.82) is 0 Å². The van der Waals surface area contributed by atoms with Crippen molar-refractivity contribution in [3.05, 3.63) is 35.6 Å². The summed E-state index contributed by atoms with van der Waals surface area (Å²) in [6.45, 7) is 12.5. The Morgan fingerprint density at radius 3 is 2.72 bits per heavy atom. The summed E-state index contributed by atoms with van der Waals surface area (Å²) in [5.74, 6) is 1.27. The Hall–Kier alpha value is -0.890. The molecule has 1 aromatic rings. The summed E-state index contributed by atoms with van der Waals surface area (Å²) in [7, 11) is 0. The maximum Gasteiger partial charge on any atom is 0.191 e. The Bertz CT molecular complexity index is 550. The van der Waals surface area contributed by atoms with E-state index in [1.807, 2.05) is 6.07 Å². The summed E-state index contributed by atoms with van der Waals surface area (Å²) in [6.07, 6.45) is 0.743. The minimum absolute atomic E-state index is 0. The summed E-state index contributed by atoms with van der Waals surface area (Å²) < 4.78 is 13.2. The lowest BCUT2D eigenvalue weighted by Gasteiger charge is -2.22. The van der Waals surface area contributed by atoms with Crippen molar-refractivity contribution < 1.29 is 4.39 Å². The number of nitrogens with one attached hydrogen (secondary N) is 2. The van der Waals surface area contributed by atoms with E-state index in [1.54, 1.807) is 12.1 Å². The predicted octanol–water partition coefficient (Wildman–Crippen LogP) is 3.27. The van der Waals surface area contributed by atoms with Crippen molar-refractivity contribution in [2.45, 2.75) is 46.2 Å². The van der Waals surface area contributed by atoms with Crippen LogP contribution in [0.5, 0.6) is 0 Å². The van der Waals surface area contributed by atoms with Crippen LogP contribution in [0, 0.1) is 11.7 Å². The predicted molar refractivity (Wildman–Crippen MR) is 114 cm³/mol. The molecule has 1 aromatic carbocycles. The number of rotatable bonds is 6. The zero-order valence-electron chi connectivity index (χ0n) is 15.8. The van der Waals surface area contributed by atoms with Crippen LogP contribution in [0.3, 0.4) is 0 Å². The number of nitrogens with zero attached hydrogens (tertiary/aromatic N) is 2. The lowest BCUT2D eigenvalue weighted by molar-refractivity contribution is 0.265. The van der Waals surface area contributed by atoms with E-state index in [4.69, 9.17) is 0 Å². The molecular weight excluding hydrogens is 430 g/mol. The molecule has 0 aliphatic carbocycles. The van der Waals surface area contributed by atoms with Gasteiger partial charge >= 0.3 is 0 Å². The van der Waals surface area contributed by atoms with Crippen molar-refractivity contribution in [2.24, 2.45) is 10.9 Å². The summed E-state index contributed by atoms with van der Waals surface area (Å²) in [5, 5.41) is 6.89. The van der Waals surface area contributed by atoms with Gasteiger partial charge in [-0.05, 0) is 50.8 Å². The molecule has 142 valence electrons. The van der Waals surface area contributed by atoms with E-state index >= 15 is 0 Å². The Morgan fingerprint density at radius 1 is 1.36 bits per heavy atom. The summed E-state index contributed by atoms with van der Waals surface area (Å²) in [5.41, 5.74) is 0.981. The van der Waals surface area contributed by atoms with E-state index in [2.05, 4.69) is 48.2 Å². The van der Waals surface area contributed by atoms with E-state index in [1.165, 1.54) is 6.07 Å². The second kappa shape index (κ2) is 11.0. The average molecular weight is 462 g/mol.